The summed E-state index contributed by atoms with van der Waals surface area (Å²) in [7, 11) is 1.78. The number of aromatic nitrogens is 2. The largest absolute Gasteiger partial charge is 0.494 e. The van der Waals surface area contributed by atoms with Crippen LogP contribution in [0.15, 0.2) is 34.9 Å². The Hall–Kier alpha value is -3.53. The minimum absolute atomic E-state index is 0.0566. The molecule has 1 aromatic heterocycles. The van der Waals surface area contributed by atoms with Gasteiger partial charge in [-0.1, -0.05) is 0 Å². The minimum Gasteiger partial charge on any atom is -0.494 e. The lowest BCUT2D eigenvalue weighted by atomic mass is 10.0. The fourth-order valence-electron chi connectivity index (χ4n) is 6.18. The fourth-order valence-corrected chi connectivity index (χ4v) is 6.98. The van der Waals surface area contributed by atoms with E-state index >= 15 is 0 Å². The van der Waals surface area contributed by atoms with Crippen molar-refractivity contribution in [3.8, 4) is 17.2 Å². The number of anilines is 6. The third-order valence-corrected chi connectivity index (χ3v) is 10.7. The van der Waals surface area contributed by atoms with Gasteiger partial charge >= 0.3 is 0 Å². The van der Waals surface area contributed by atoms with Crippen LogP contribution in [0.5, 0.6) is 17.2 Å². The van der Waals surface area contributed by atoms with Gasteiger partial charge in [0.05, 0.1) is 34.9 Å². The Balaban J connectivity index is 1.20. The van der Waals surface area contributed by atoms with Crippen molar-refractivity contribution in [2.24, 2.45) is 0 Å². The van der Waals surface area contributed by atoms with E-state index in [2.05, 4.69) is 72.4 Å². The molecule has 2 N–H and O–H groups in total. The number of piperazine rings is 1. The number of hydrogen-bond acceptors (Lipinski definition) is 12. The van der Waals surface area contributed by atoms with Crippen LogP contribution < -0.4 is 34.0 Å². The number of fused-ring (bicyclic) bond motifs is 1. The molecule has 0 saturated carbocycles. The lowest BCUT2D eigenvalue weighted by Crippen LogP contribution is -2.52. The van der Waals surface area contributed by atoms with Crippen molar-refractivity contribution >= 4 is 60.5 Å². The molecule has 0 aliphatic carbocycles. The summed E-state index contributed by atoms with van der Waals surface area (Å²) in [6.45, 7) is 8.78. The minimum atomic E-state index is -3.56. The summed E-state index contributed by atoms with van der Waals surface area (Å²) in [5.74, 6) is 2.42. The quantitative estimate of drug-likeness (QED) is 0.327. The maximum Gasteiger partial charge on any atom is 0.232 e. The molecule has 3 aromatic rings. The summed E-state index contributed by atoms with van der Waals surface area (Å²) in [6.07, 6.45) is 5.07. The molecule has 3 aliphatic heterocycles. The average Bonchev–Trinajstić information content (AvgIpc) is 3.50. The van der Waals surface area contributed by atoms with Crippen LogP contribution in [0.1, 0.15) is 18.4 Å². The number of likely N-dealkylation sites (N-methyl/N-ethyl adjacent to an activating group) is 1. The second kappa shape index (κ2) is 13.3. The zero-order valence-corrected chi connectivity index (χ0v) is 29.2. The molecule has 15 heteroatoms. The highest BCUT2D eigenvalue weighted by atomic mass is 79.9. The summed E-state index contributed by atoms with van der Waals surface area (Å²) >= 11 is 3.52. The predicted octanol–water partition coefficient (Wildman–Crippen LogP) is 4.38. The maximum atomic E-state index is 12.4. The third-order valence-electron chi connectivity index (χ3n) is 8.95. The molecule has 0 amide bonds. The summed E-state index contributed by atoms with van der Waals surface area (Å²) in [5, 5.41) is 6.56. The lowest BCUT2D eigenvalue weighted by Gasteiger charge is -2.43. The zero-order valence-electron chi connectivity index (χ0n) is 26.8. The number of benzene rings is 2. The van der Waals surface area contributed by atoms with Crippen LogP contribution in [0.3, 0.4) is 0 Å². The van der Waals surface area contributed by atoms with Gasteiger partial charge in [0.2, 0.25) is 22.8 Å². The number of ether oxygens (including phenoxy) is 3. The number of piperidine rings is 1. The summed E-state index contributed by atoms with van der Waals surface area (Å²) in [4.78, 5) is 16.7. The van der Waals surface area contributed by atoms with Crippen molar-refractivity contribution in [1.29, 1.82) is 0 Å². The van der Waals surface area contributed by atoms with Crippen molar-refractivity contribution in [1.82, 2.24) is 19.8 Å². The molecule has 6 rings (SSSR count). The third kappa shape index (κ3) is 6.92. The highest BCUT2D eigenvalue weighted by Crippen LogP contribution is 2.43. The maximum absolute atomic E-state index is 12.4. The van der Waals surface area contributed by atoms with Gasteiger partial charge in [0.15, 0.2) is 11.5 Å². The van der Waals surface area contributed by atoms with Crippen molar-refractivity contribution < 1.29 is 22.6 Å². The molecule has 0 atom stereocenters. The van der Waals surface area contributed by atoms with E-state index in [0.29, 0.717) is 50.9 Å². The highest BCUT2D eigenvalue weighted by Gasteiger charge is 2.28. The number of methoxy groups -OCH3 is 1. The predicted molar refractivity (Wildman–Crippen MR) is 184 cm³/mol. The molecule has 248 valence electrons. The van der Waals surface area contributed by atoms with Gasteiger partial charge in [-0.2, -0.15) is 4.98 Å². The van der Waals surface area contributed by atoms with E-state index in [1.54, 1.807) is 25.4 Å². The Morgan fingerprint density at radius 2 is 1.70 bits per heavy atom. The first kappa shape index (κ1) is 32.4. The van der Waals surface area contributed by atoms with E-state index in [9.17, 15) is 8.42 Å². The smallest absolute Gasteiger partial charge is 0.232 e. The molecule has 2 aromatic carbocycles. The fraction of sp³-hybridized carbons (Fsp3) is 0.484. The second-order valence-electron chi connectivity index (χ2n) is 12.0. The zero-order chi connectivity index (χ0) is 32.6. The van der Waals surface area contributed by atoms with Crippen molar-refractivity contribution in [2.75, 3.05) is 93.4 Å². The molecule has 13 nitrogen and oxygen atoms in total. The second-order valence-corrected chi connectivity index (χ2v) is 14.9. The normalized spacial score (nSPS) is 17.7. The van der Waals surface area contributed by atoms with Gasteiger partial charge in [-0.15, -0.1) is 0 Å². The van der Waals surface area contributed by atoms with Crippen LogP contribution in [0, 0.1) is 6.92 Å². The first-order valence-corrected chi connectivity index (χ1v) is 17.9. The lowest BCUT2D eigenvalue weighted by molar-refractivity contribution is 0.0982. The van der Waals surface area contributed by atoms with Gasteiger partial charge in [0, 0.05) is 82.4 Å². The van der Waals surface area contributed by atoms with Crippen LogP contribution in [-0.2, 0) is 10.0 Å². The van der Waals surface area contributed by atoms with E-state index in [0.717, 1.165) is 69.6 Å². The topological polar surface area (TPSA) is 125 Å². The molecule has 46 heavy (non-hydrogen) atoms. The summed E-state index contributed by atoms with van der Waals surface area (Å²) in [6, 6.07) is 8.12. The monoisotopic (exact) mass is 716 g/mol. The number of halogens is 1. The number of sulfonamides is 1. The Kier molecular flexibility index (Phi) is 9.37. The molecular formula is C31H41BrN8O5S. The standard InChI is InChI=1S/C31H41BrN8O5S/c1-20-14-24(27(43-4)16-25(20)40-8-6-21(7-9-40)39-12-10-37(2)11-13-39)35-31-33-18-22(32)30(36-31)34-23-15-28-29(45-19-44-28)17-26(23)38(3)46(5,41)42/h14-18,21H,6-13,19H2,1-5H3,(H2,33,34,35,36). The van der Waals surface area contributed by atoms with Gasteiger partial charge in [-0.3, -0.25) is 9.21 Å². The van der Waals surface area contributed by atoms with E-state index in [-0.39, 0.29) is 6.79 Å². The molecular weight excluding hydrogens is 676 g/mol. The molecule has 0 bridgehead atoms. The van der Waals surface area contributed by atoms with Crippen molar-refractivity contribution in [3.63, 3.8) is 0 Å². The number of nitrogens with one attached hydrogen (secondary N) is 2. The first-order valence-electron chi connectivity index (χ1n) is 15.3. The summed E-state index contributed by atoms with van der Waals surface area (Å²) < 4.78 is 43.5. The van der Waals surface area contributed by atoms with E-state index < -0.39 is 10.0 Å². The molecule has 4 heterocycles. The number of rotatable bonds is 9. The first-order chi connectivity index (χ1) is 22.0. The highest BCUT2D eigenvalue weighted by molar-refractivity contribution is 9.10. The Morgan fingerprint density at radius 1 is 1.00 bits per heavy atom. The number of aryl methyl sites for hydroxylation is 1. The Morgan fingerprint density at radius 3 is 2.37 bits per heavy atom. The molecule has 2 saturated heterocycles. The number of hydrogen-bond donors (Lipinski definition) is 2. The van der Waals surface area contributed by atoms with Gasteiger partial charge in [0.1, 0.15) is 11.6 Å². The molecule has 3 aliphatic rings. The summed E-state index contributed by atoms with van der Waals surface area (Å²) in [5.41, 5.74) is 3.89. The van der Waals surface area contributed by atoms with E-state index in [1.165, 1.54) is 17.0 Å². The van der Waals surface area contributed by atoms with Crippen LogP contribution in [0.2, 0.25) is 0 Å². The van der Waals surface area contributed by atoms with Crippen molar-refractivity contribution in [2.45, 2.75) is 25.8 Å². The van der Waals surface area contributed by atoms with E-state index in [4.69, 9.17) is 19.2 Å². The number of nitrogens with zero attached hydrogens (tertiary/aromatic N) is 6. The molecule has 0 radical (unpaired) electrons. The van der Waals surface area contributed by atoms with Gasteiger partial charge < -0.3 is 34.6 Å². The average molecular weight is 718 g/mol. The Bertz CT molecular complexity index is 1690. The molecule has 0 spiro atoms. The van der Waals surface area contributed by atoms with Gasteiger partial charge in [0.25, 0.3) is 0 Å². The van der Waals surface area contributed by atoms with Gasteiger partial charge in [-0.25, -0.2) is 13.4 Å². The Labute approximate surface area is 279 Å². The van der Waals surface area contributed by atoms with Crippen molar-refractivity contribution in [3.05, 3.63) is 40.5 Å². The van der Waals surface area contributed by atoms with E-state index in [1.807, 2.05) is 0 Å². The van der Waals surface area contributed by atoms with Crippen LogP contribution in [0.25, 0.3) is 0 Å². The van der Waals surface area contributed by atoms with Gasteiger partial charge in [-0.05, 0) is 54.4 Å². The van der Waals surface area contributed by atoms with Crippen LogP contribution in [-0.4, -0.2) is 108 Å². The molecule has 0 unspecified atom stereocenters. The SMILES string of the molecule is COc1cc(N2CCC(N3CCN(C)CC3)CC2)c(C)cc1Nc1ncc(Br)c(Nc2cc3c(cc2N(C)S(C)(=O)=O)OCO3)n1. The van der Waals surface area contributed by atoms with Crippen LogP contribution >= 0.6 is 15.9 Å². The van der Waals surface area contributed by atoms with Crippen LogP contribution in [0.4, 0.5) is 34.5 Å². The molecule has 2 fully saturated rings.